The number of carbonyl (C=O) groups is 2. The summed E-state index contributed by atoms with van der Waals surface area (Å²) in [7, 11) is 3.47. The molecule has 2 atom stereocenters. The van der Waals surface area contributed by atoms with Gasteiger partial charge in [-0.2, -0.15) is 0 Å². The number of unbranched alkanes of at least 4 members (excludes halogenated alkanes) is 2. The number of hydrogen-bond donors (Lipinski definition) is 5. The molecule has 308 valence electrons. The highest BCUT2D eigenvalue weighted by Crippen LogP contribution is 2.36. The molecule has 3 aromatic carbocycles. The molecule has 0 amide bonds. The third kappa shape index (κ3) is 15.8. The maximum Gasteiger partial charge on any atom is 0.163 e. The molecule has 1 aliphatic heterocycles. The van der Waals surface area contributed by atoms with E-state index in [1.165, 1.54) is 49.1 Å². The standard InChI is InChI=1S/C49H67N3O5/c1-35(2)13-11-19-39(32-51-3)16-9-6-10-20-44(54)30-45(55)27-43(34-53)46-31-48(57-4)47(56)28-41(46)26-42-33-52-49(50)29-40(42)24-23-38-18-12-17-37(25-38)22-21-36-14-7-5-8-15-36/h5,7-8,12,14-15,17-18,25,27-29,31,33,35,39,49,51-53,56H,6,9-11,13,16,19-24,26,30,32,34,50H2,1-4H3/b43-27+/t39-,49?/m1/s1. The van der Waals surface area contributed by atoms with Gasteiger partial charge in [-0.1, -0.05) is 94.1 Å². The molecule has 4 rings (SSSR count). The molecule has 0 aliphatic carbocycles. The Morgan fingerprint density at radius 2 is 1.58 bits per heavy atom. The van der Waals surface area contributed by atoms with Crippen molar-refractivity contribution in [3.8, 4) is 11.5 Å². The summed E-state index contributed by atoms with van der Waals surface area (Å²) in [4.78, 5) is 26.1. The highest BCUT2D eigenvalue weighted by molar-refractivity contribution is 6.07. The number of aryl methyl sites for hydroxylation is 3. The van der Waals surface area contributed by atoms with Gasteiger partial charge in [-0.3, -0.25) is 9.59 Å². The quantitative estimate of drug-likeness (QED) is 0.0311. The maximum absolute atomic E-state index is 13.2. The van der Waals surface area contributed by atoms with Gasteiger partial charge in [-0.05, 0) is 146 Å². The fourth-order valence-electron chi connectivity index (χ4n) is 7.77. The van der Waals surface area contributed by atoms with Gasteiger partial charge < -0.3 is 31.3 Å². The second-order valence-electron chi connectivity index (χ2n) is 16.1. The third-order valence-corrected chi connectivity index (χ3v) is 10.9. The van der Waals surface area contributed by atoms with Crippen LogP contribution < -0.4 is 21.1 Å². The van der Waals surface area contributed by atoms with Gasteiger partial charge in [0.2, 0.25) is 0 Å². The lowest BCUT2D eigenvalue weighted by molar-refractivity contribution is -0.124. The van der Waals surface area contributed by atoms with E-state index in [4.69, 9.17) is 10.5 Å². The second kappa shape index (κ2) is 24.3. The Hall–Kier alpha value is -4.50. The first-order valence-corrected chi connectivity index (χ1v) is 21.0. The first-order chi connectivity index (χ1) is 27.6. The molecule has 0 fully saturated rings. The number of phenolic OH excluding ortho intramolecular Hbond substituents is 1. The summed E-state index contributed by atoms with van der Waals surface area (Å²) in [6.45, 7) is 5.14. The van der Waals surface area contributed by atoms with Crippen LogP contribution in [-0.4, -0.2) is 55.3 Å². The predicted molar refractivity (Wildman–Crippen MR) is 233 cm³/mol. The van der Waals surface area contributed by atoms with Crippen molar-refractivity contribution in [2.45, 2.75) is 110 Å². The summed E-state index contributed by atoms with van der Waals surface area (Å²) in [5.41, 5.74) is 14.0. The Bertz CT molecular complexity index is 1810. The van der Waals surface area contributed by atoms with Crippen molar-refractivity contribution in [1.82, 2.24) is 10.6 Å². The number of nitrogens with one attached hydrogen (secondary N) is 2. The zero-order chi connectivity index (χ0) is 41.0. The van der Waals surface area contributed by atoms with Crippen molar-refractivity contribution in [2.75, 3.05) is 27.3 Å². The number of carbonyl (C=O) groups excluding carboxylic acids is 2. The molecule has 3 aromatic rings. The van der Waals surface area contributed by atoms with Crippen molar-refractivity contribution in [1.29, 1.82) is 0 Å². The Morgan fingerprint density at radius 3 is 2.28 bits per heavy atom. The van der Waals surface area contributed by atoms with Crippen molar-refractivity contribution in [3.05, 3.63) is 124 Å². The summed E-state index contributed by atoms with van der Waals surface area (Å²) in [5, 5.41) is 27.9. The number of aromatic hydroxyl groups is 1. The molecule has 0 aromatic heterocycles. The number of hydrogen-bond acceptors (Lipinski definition) is 8. The van der Waals surface area contributed by atoms with Crippen molar-refractivity contribution < 1.29 is 24.5 Å². The lowest BCUT2D eigenvalue weighted by Crippen LogP contribution is -2.35. The molecule has 0 spiro atoms. The van der Waals surface area contributed by atoms with Gasteiger partial charge in [-0.15, -0.1) is 0 Å². The smallest absolute Gasteiger partial charge is 0.163 e. The first-order valence-electron chi connectivity index (χ1n) is 21.0. The molecule has 0 saturated carbocycles. The van der Waals surface area contributed by atoms with Crippen LogP contribution in [0.3, 0.4) is 0 Å². The van der Waals surface area contributed by atoms with E-state index in [9.17, 15) is 19.8 Å². The molecule has 6 N–H and O–H groups in total. The van der Waals surface area contributed by atoms with E-state index in [1.807, 2.05) is 25.4 Å². The number of benzene rings is 3. The Balaban J connectivity index is 1.38. The average molecular weight is 778 g/mol. The number of ketones is 2. The minimum absolute atomic E-state index is 0.0400. The van der Waals surface area contributed by atoms with Gasteiger partial charge in [-0.25, -0.2) is 0 Å². The van der Waals surface area contributed by atoms with E-state index >= 15 is 0 Å². The van der Waals surface area contributed by atoms with E-state index in [2.05, 4.69) is 73.0 Å². The summed E-state index contributed by atoms with van der Waals surface area (Å²) >= 11 is 0. The van der Waals surface area contributed by atoms with Crippen molar-refractivity contribution >= 4 is 17.1 Å². The van der Waals surface area contributed by atoms with Gasteiger partial charge in [0.1, 0.15) is 5.78 Å². The minimum atomic E-state index is -0.419. The summed E-state index contributed by atoms with van der Waals surface area (Å²) in [6.07, 6.45) is 16.8. The minimum Gasteiger partial charge on any atom is -0.504 e. The first kappa shape index (κ1) is 45.2. The van der Waals surface area contributed by atoms with Crippen LogP contribution in [0.1, 0.15) is 106 Å². The number of rotatable bonds is 26. The Morgan fingerprint density at radius 1 is 0.877 bits per heavy atom. The van der Waals surface area contributed by atoms with E-state index < -0.39 is 6.61 Å². The fraction of sp³-hybridized carbons (Fsp3) is 0.469. The number of Topliss-reactive ketones (excluding diaryl/α,β-unsaturated/α-hetero) is 1. The third-order valence-electron chi connectivity index (χ3n) is 10.9. The normalized spacial score (nSPS) is 14.9. The number of dihydropyridines is 1. The summed E-state index contributed by atoms with van der Waals surface area (Å²) < 4.78 is 5.43. The molecule has 57 heavy (non-hydrogen) atoms. The van der Waals surface area contributed by atoms with Crippen LogP contribution in [0.25, 0.3) is 5.57 Å². The monoisotopic (exact) mass is 778 g/mol. The Kier molecular flexibility index (Phi) is 19.3. The highest BCUT2D eigenvalue weighted by atomic mass is 16.5. The van der Waals surface area contributed by atoms with Crippen molar-refractivity contribution in [2.24, 2.45) is 17.6 Å². The van der Waals surface area contributed by atoms with Crippen LogP contribution in [0.2, 0.25) is 0 Å². The molecular formula is C49H67N3O5. The molecule has 8 nitrogen and oxygen atoms in total. The van der Waals surface area contributed by atoms with Crippen LogP contribution in [-0.2, 0) is 35.3 Å². The largest absolute Gasteiger partial charge is 0.504 e. The number of ether oxygens (including phenoxy) is 1. The topological polar surface area (TPSA) is 134 Å². The molecular weight excluding hydrogens is 711 g/mol. The van der Waals surface area contributed by atoms with Crippen LogP contribution in [0.5, 0.6) is 11.5 Å². The molecule has 1 aliphatic rings. The summed E-state index contributed by atoms with van der Waals surface area (Å²) in [5.74, 6) is 1.13. The van der Waals surface area contributed by atoms with Gasteiger partial charge in [0.15, 0.2) is 17.3 Å². The molecule has 0 saturated heterocycles. The zero-order valence-corrected chi connectivity index (χ0v) is 34.8. The van der Waals surface area contributed by atoms with Crippen LogP contribution in [0.4, 0.5) is 0 Å². The zero-order valence-electron chi connectivity index (χ0n) is 34.8. The van der Waals surface area contributed by atoms with Crippen LogP contribution >= 0.6 is 0 Å². The number of nitrogens with two attached hydrogens (primary N) is 1. The number of phenols is 1. The van der Waals surface area contributed by atoms with Crippen molar-refractivity contribution in [3.63, 3.8) is 0 Å². The van der Waals surface area contributed by atoms with E-state index in [-0.39, 0.29) is 35.7 Å². The van der Waals surface area contributed by atoms with E-state index in [1.54, 1.807) is 12.1 Å². The average Bonchev–Trinajstić information content (AvgIpc) is 3.19. The molecule has 0 radical (unpaired) electrons. The number of allylic oxidation sites excluding steroid dienone is 3. The molecule has 1 unspecified atom stereocenters. The van der Waals surface area contributed by atoms with Gasteiger partial charge >= 0.3 is 0 Å². The van der Waals surface area contributed by atoms with Gasteiger partial charge in [0.05, 0.1) is 26.3 Å². The van der Waals surface area contributed by atoms with Gasteiger partial charge in [0.25, 0.3) is 0 Å². The molecule has 8 heteroatoms. The lowest BCUT2D eigenvalue weighted by Gasteiger charge is -2.23. The van der Waals surface area contributed by atoms with E-state index in [0.717, 1.165) is 75.0 Å². The number of aliphatic hydroxyl groups is 1. The molecule has 1 heterocycles. The van der Waals surface area contributed by atoms with Gasteiger partial charge in [0, 0.05) is 12.6 Å². The highest BCUT2D eigenvalue weighted by Gasteiger charge is 2.20. The predicted octanol–water partition coefficient (Wildman–Crippen LogP) is 8.58. The lowest BCUT2D eigenvalue weighted by atomic mass is 9.88. The fourth-order valence-corrected chi connectivity index (χ4v) is 7.77. The maximum atomic E-state index is 13.2. The number of methoxy groups -OCH3 is 1. The van der Waals surface area contributed by atoms with Crippen LogP contribution in [0, 0.1) is 11.8 Å². The molecule has 0 bridgehead atoms. The Labute approximate surface area is 341 Å². The number of aliphatic hydroxyl groups excluding tert-OH is 1. The second-order valence-corrected chi connectivity index (χ2v) is 16.1. The van der Waals surface area contributed by atoms with Crippen LogP contribution in [0.15, 0.2) is 96.2 Å². The SMILES string of the molecule is CNC[C@H](CCCCCC(=O)CC(=O)/C=C(\CO)c1cc(OC)c(O)cc1CC1=CNC(N)C=C1CCc1cccc(CCc2ccccc2)c1)CCCC(C)C. The summed E-state index contributed by atoms with van der Waals surface area (Å²) in [6, 6.07) is 22.5. The van der Waals surface area contributed by atoms with E-state index in [0.29, 0.717) is 35.5 Å².